The van der Waals surface area contributed by atoms with E-state index < -0.39 is 0 Å². The molecule has 0 spiro atoms. The number of hydrogen-bond donors (Lipinski definition) is 1. The number of anilines is 1. The maximum absolute atomic E-state index is 3.69. The zero-order valence-electron chi connectivity index (χ0n) is 12.7. The molecule has 0 saturated carbocycles. The van der Waals surface area contributed by atoms with E-state index in [4.69, 9.17) is 0 Å². The minimum atomic E-state index is 0.583. The number of likely N-dealkylation sites (tertiary alicyclic amines) is 1. The van der Waals surface area contributed by atoms with Crippen LogP contribution in [-0.4, -0.2) is 24.0 Å². The lowest BCUT2D eigenvalue weighted by Crippen LogP contribution is -2.44. The van der Waals surface area contributed by atoms with Crippen molar-refractivity contribution in [2.45, 2.75) is 25.9 Å². The zero-order chi connectivity index (χ0) is 14.5. The van der Waals surface area contributed by atoms with Crippen LogP contribution < -0.4 is 5.32 Å². The Balaban J connectivity index is 1.54. The van der Waals surface area contributed by atoms with Gasteiger partial charge in [-0.2, -0.15) is 0 Å². The third-order valence-corrected chi connectivity index (χ3v) is 4.36. The van der Waals surface area contributed by atoms with Crippen LogP contribution in [0.2, 0.25) is 0 Å². The van der Waals surface area contributed by atoms with E-state index >= 15 is 0 Å². The lowest BCUT2D eigenvalue weighted by Gasteiger charge is -2.37. The summed E-state index contributed by atoms with van der Waals surface area (Å²) in [4.78, 5) is 2.57. The summed E-state index contributed by atoms with van der Waals surface area (Å²) in [5, 5.41) is 3.69. The van der Waals surface area contributed by atoms with Crippen molar-refractivity contribution in [2.24, 2.45) is 5.92 Å². The molecule has 2 aromatic rings. The monoisotopic (exact) mass is 280 g/mol. The number of benzene rings is 2. The molecule has 0 amide bonds. The molecule has 2 nitrogen and oxygen atoms in total. The molecule has 0 unspecified atom stereocenters. The van der Waals surface area contributed by atoms with E-state index in [9.17, 15) is 0 Å². The largest absolute Gasteiger partial charge is 0.382 e. The number of para-hydroxylation sites is 1. The van der Waals surface area contributed by atoms with Crippen molar-refractivity contribution in [1.29, 1.82) is 0 Å². The highest BCUT2D eigenvalue weighted by molar-refractivity contribution is 5.43. The summed E-state index contributed by atoms with van der Waals surface area (Å²) in [6.45, 7) is 5.77. The third kappa shape index (κ3) is 3.85. The fourth-order valence-electron chi connectivity index (χ4n) is 3.18. The van der Waals surface area contributed by atoms with Gasteiger partial charge in [0.15, 0.2) is 0 Å². The van der Waals surface area contributed by atoms with E-state index in [-0.39, 0.29) is 0 Å². The SMILES string of the molecule is C[C@H]1CN(Cc2ccccc2)CC[C@H]1Nc1ccccc1. The van der Waals surface area contributed by atoms with Crippen LogP contribution in [0.3, 0.4) is 0 Å². The number of piperidine rings is 1. The van der Waals surface area contributed by atoms with Crippen molar-refractivity contribution >= 4 is 5.69 Å². The Labute approximate surface area is 127 Å². The van der Waals surface area contributed by atoms with Crippen molar-refractivity contribution < 1.29 is 0 Å². The van der Waals surface area contributed by atoms with Crippen molar-refractivity contribution in [3.05, 3.63) is 66.2 Å². The van der Waals surface area contributed by atoms with Crippen LogP contribution >= 0.6 is 0 Å². The summed E-state index contributed by atoms with van der Waals surface area (Å²) in [6, 6.07) is 21.9. The molecule has 110 valence electrons. The molecule has 1 heterocycles. The van der Waals surface area contributed by atoms with Gasteiger partial charge in [-0.3, -0.25) is 4.90 Å². The van der Waals surface area contributed by atoms with Gasteiger partial charge in [-0.15, -0.1) is 0 Å². The zero-order valence-corrected chi connectivity index (χ0v) is 12.7. The summed E-state index contributed by atoms with van der Waals surface area (Å²) >= 11 is 0. The molecule has 3 rings (SSSR count). The van der Waals surface area contributed by atoms with Gasteiger partial charge in [0, 0.05) is 31.4 Å². The molecule has 1 N–H and O–H groups in total. The molecule has 2 aromatic carbocycles. The summed E-state index contributed by atoms with van der Waals surface area (Å²) in [5.41, 5.74) is 2.66. The molecule has 1 saturated heterocycles. The first-order valence-corrected chi connectivity index (χ1v) is 7.89. The highest BCUT2D eigenvalue weighted by Crippen LogP contribution is 2.22. The maximum atomic E-state index is 3.69. The van der Waals surface area contributed by atoms with Gasteiger partial charge < -0.3 is 5.32 Å². The molecule has 2 heteroatoms. The highest BCUT2D eigenvalue weighted by Gasteiger charge is 2.25. The number of rotatable bonds is 4. The molecular weight excluding hydrogens is 256 g/mol. The molecule has 0 aromatic heterocycles. The van der Waals surface area contributed by atoms with Gasteiger partial charge >= 0.3 is 0 Å². The van der Waals surface area contributed by atoms with Crippen LogP contribution in [0.1, 0.15) is 18.9 Å². The molecule has 21 heavy (non-hydrogen) atoms. The van der Waals surface area contributed by atoms with Gasteiger partial charge in [0.1, 0.15) is 0 Å². The Morgan fingerprint density at radius 3 is 2.33 bits per heavy atom. The predicted molar refractivity (Wildman–Crippen MR) is 89.4 cm³/mol. The minimum Gasteiger partial charge on any atom is -0.382 e. The van der Waals surface area contributed by atoms with E-state index in [0.29, 0.717) is 12.0 Å². The van der Waals surface area contributed by atoms with Crippen molar-refractivity contribution in [3.8, 4) is 0 Å². The van der Waals surface area contributed by atoms with Crippen LogP contribution in [0.4, 0.5) is 5.69 Å². The Kier molecular flexibility index (Phi) is 4.56. The van der Waals surface area contributed by atoms with Gasteiger partial charge in [-0.1, -0.05) is 55.5 Å². The molecule has 0 radical (unpaired) electrons. The van der Waals surface area contributed by atoms with Gasteiger partial charge in [0.25, 0.3) is 0 Å². The highest BCUT2D eigenvalue weighted by atomic mass is 15.1. The normalized spacial score (nSPS) is 22.9. The lowest BCUT2D eigenvalue weighted by molar-refractivity contribution is 0.165. The standard InChI is InChI=1S/C19H24N2/c1-16-14-21(15-17-8-4-2-5-9-17)13-12-19(16)20-18-10-6-3-7-11-18/h2-11,16,19-20H,12-15H2,1H3/t16-,19+/m0/s1. The third-order valence-electron chi connectivity index (χ3n) is 4.36. The van der Waals surface area contributed by atoms with E-state index in [2.05, 4.69) is 77.8 Å². The Bertz CT molecular complexity index is 538. The van der Waals surface area contributed by atoms with Gasteiger partial charge in [-0.25, -0.2) is 0 Å². The molecular formula is C19H24N2. The van der Waals surface area contributed by atoms with E-state index in [1.165, 1.54) is 30.8 Å². The first-order chi connectivity index (χ1) is 10.3. The summed E-state index contributed by atoms with van der Waals surface area (Å²) in [7, 11) is 0. The van der Waals surface area contributed by atoms with Gasteiger partial charge in [0.2, 0.25) is 0 Å². The first kappa shape index (κ1) is 14.2. The van der Waals surface area contributed by atoms with Crippen molar-refractivity contribution in [1.82, 2.24) is 4.90 Å². The smallest absolute Gasteiger partial charge is 0.0342 e. The van der Waals surface area contributed by atoms with Gasteiger partial charge in [0.05, 0.1) is 0 Å². The second-order valence-corrected chi connectivity index (χ2v) is 6.10. The number of hydrogen-bond acceptors (Lipinski definition) is 2. The molecule has 1 aliphatic rings. The summed E-state index contributed by atoms with van der Waals surface area (Å²) < 4.78 is 0. The maximum Gasteiger partial charge on any atom is 0.0342 e. The molecule has 2 atom stereocenters. The second-order valence-electron chi connectivity index (χ2n) is 6.10. The predicted octanol–water partition coefficient (Wildman–Crippen LogP) is 4.01. The average Bonchev–Trinajstić information content (AvgIpc) is 2.52. The number of nitrogens with one attached hydrogen (secondary N) is 1. The van der Waals surface area contributed by atoms with E-state index in [0.717, 1.165) is 6.54 Å². The van der Waals surface area contributed by atoms with Crippen LogP contribution in [0.25, 0.3) is 0 Å². The summed E-state index contributed by atoms with van der Waals surface area (Å²) in [6.07, 6.45) is 1.21. The Morgan fingerprint density at radius 2 is 1.67 bits per heavy atom. The van der Waals surface area contributed by atoms with Crippen LogP contribution in [0.15, 0.2) is 60.7 Å². The minimum absolute atomic E-state index is 0.583. The molecule has 0 bridgehead atoms. The Morgan fingerprint density at radius 1 is 1.00 bits per heavy atom. The quantitative estimate of drug-likeness (QED) is 0.910. The van der Waals surface area contributed by atoms with Crippen molar-refractivity contribution in [3.63, 3.8) is 0 Å². The average molecular weight is 280 g/mol. The van der Waals surface area contributed by atoms with Crippen molar-refractivity contribution in [2.75, 3.05) is 18.4 Å². The number of nitrogens with zero attached hydrogens (tertiary/aromatic N) is 1. The summed E-state index contributed by atoms with van der Waals surface area (Å²) in [5.74, 6) is 0.669. The fraction of sp³-hybridized carbons (Fsp3) is 0.368. The molecule has 1 fully saturated rings. The Hall–Kier alpha value is -1.80. The lowest BCUT2D eigenvalue weighted by atomic mass is 9.93. The van der Waals surface area contributed by atoms with Gasteiger partial charge in [-0.05, 0) is 30.0 Å². The van der Waals surface area contributed by atoms with Crippen LogP contribution in [0.5, 0.6) is 0 Å². The molecule has 0 aliphatic carbocycles. The van der Waals surface area contributed by atoms with Crippen LogP contribution in [-0.2, 0) is 6.54 Å². The topological polar surface area (TPSA) is 15.3 Å². The van der Waals surface area contributed by atoms with E-state index in [1.54, 1.807) is 0 Å². The molecule has 1 aliphatic heterocycles. The van der Waals surface area contributed by atoms with E-state index in [1.807, 2.05) is 0 Å². The first-order valence-electron chi connectivity index (χ1n) is 7.89. The second kappa shape index (κ2) is 6.77. The fourth-order valence-corrected chi connectivity index (χ4v) is 3.18. The van der Waals surface area contributed by atoms with Crippen LogP contribution in [0, 0.1) is 5.92 Å².